The summed E-state index contributed by atoms with van der Waals surface area (Å²) >= 11 is 0. The third-order valence-corrected chi connectivity index (χ3v) is 12.9. The van der Waals surface area contributed by atoms with Crippen molar-refractivity contribution in [3.8, 4) is 0 Å². The van der Waals surface area contributed by atoms with Crippen molar-refractivity contribution in [2.75, 3.05) is 24.6 Å². The van der Waals surface area contributed by atoms with Crippen molar-refractivity contribution in [3.05, 3.63) is 48.6 Å². The normalized spacial score (nSPS) is 13.5. The van der Waals surface area contributed by atoms with Gasteiger partial charge in [-0.3, -0.25) is 0 Å². The molecule has 0 radical (unpaired) electrons. The third kappa shape index (κ3) is 21.6. The summed E-state index contributed by atoms with van der Waals surface area (Å²) < 4.78 is 0. The molecule has 0 fully saturated rings. The van der Waals surface area contributed by atoms with Crippen LogP contribution in [0.1, 0.15) is 130 Å². The number of unbranched alkanes of at least 4 members (excludes halogenated alkanes) is 12. The van der Waals surface area contributed by atoms with Crippen LogP contribution in [0.25, 0.3) is 0 Å². The summed E-state index contributed by atoms with van der Waals surface area (Å²) in [5.41, 5.74) is 0. The van der Waals surface area contributed by atoms with Crippen LogP contribution in [-0.2, 0) is 0 Å². The molecule has 0 aliphatic carbocycles. The number of hydrogen-bond acceptors (Lipinski definition) is 0. The van der Waals surface area contributed by atoms with E-state index in [1.807, 2.05) is 0 Å². The molecule has 33 heavy (non-hydrogen) atoms. The predicted octanol–water partition coefficient (Wildman–Crippen LogP) is 11.3. The average Bonchev–Trinajstić information content (AvgIpc) is 2.83. The predicted molar refractivity (Wildman–Crippen MR) is 161 cm³/mol. The number of rotatable bonds is 24. The summed E-state index contributed by atoms with van der Waals surface area (Å²) in [6.45, 7) is 8.61. The van der Waals surface area contributed by atoms with Gasteiger partial charge in [-0.05, 0) is 0 Å². The minimum absolute atomic E-state index is 1.14. The van der Waals surface area contributed by atoms with Crippen molar-refractivity contribution in [3.63, 3.8) is 0 Å². The Hall–Kier alpha value is -0.610. The molecule has 0 nitrogen and oxygen atoms in total. The number of allylic oxidation sites excluding steroid dienone is 8. The van der Waals surface area contributed by atoms with Gasteiger partial charge in [0.2, 0.25) is 0 Å². The fourth-order valence-corrected chi connectivity index (χ4v) is 10.7. The first-order valence-corrected chi connectivity index (χ1v) is 17.5. The molecule has 0 bridgehead atoms. The van der Waals surface area contributed by atoms with E-state index in [0.29, 0.717) is 0 Å². The average molecular weight is 477 g/mol. The maximum absolute atomic E-state index is 2.35. The van der Waals surface area contributed by atoms with Gasteiger partial charge < -0.3 is 0 Å². The molecular formula is C32H61P. The monoisotopic (exact) mass is 476 g/mol. The van der Waals surface area contributed by atoms with Crippen LogP contribution >= 0.6 is 7.26 Å². The van der Waals surface area contributed by atoms with Gasteiger partial charge in [0, 0.05) is 0 Å². The van der Waals surface area contributed by atoms with Crippen LogP contribution in [0.5, 0.6) is 0 Å². The van der Waals surface area contributed by atoms with E-state index in [4.69, 9.17) is 0 Å². The third-order valence-electron chi connectivity index (χ3n) is 7.25. The maximum atomic E-state index is 2.35. The second kappa shape index (κ2) is 26.0. The van der Waals surface area contributed by atoms with Gasteiger partial charge >= 0.3 is 211 Å². The molecule has 0 aliphatic heterocycles. The molecule has 0 saturated heterocycles. The first kappa shape index (κ1) is 32.4. The Morgan fingerprint density at radius 3 is 0.788 bits per heavy atom. The molecule has 0 spiro atoms. The quantitative estimate of drug-likeness (QED) is 0.0738. The van der Waals surface area contributed by atoms with Crippen LogP contribution < -0.4 is 0 Å². The van der Waals surface area contributed by atoms with Crippen molar-refractivity contribution in [2.45, 2.75) is 130 Å². The van der Waals surface area contributed by atoms with Gasteiger partial charge in [-0.2, -0.15) is 0 Å². The molecule has 0 aromatic carbocycles. The Morgan fingerprint density at radius 1 is 0.333 bits per heavy atom. The molecule has 1 heteroatoms. The van der Waals surface area contributed by atoms with Gasteiger partial charge in [0.15, 0.2) is 0 Å². The minimum atomic E-state index is -1.14. The summed E-state index contributed by atoms with van der Waals surface area (Å²) in [7, 11) is -1.14. The van der Waals surface area contributed by atoms with Crippen molar-refractivity contribution >= 4 is 7.26 Å². The van der Waals surface area contributed by atoms with Gasteiger partial charge in [-0.15, -0.1) is 0 Å². The van der Waals surface area contributed by atoms with E-state index in [-0.39, 0.29) is 0 Å². The molecule has 0 rings (SSSR count). The SMILES string of the molecule is C/C=C/CCCCC[PH](CCCCC/C=C/C)(CCCCC/C=C/C)CCCCC/C=C/C. The van der Waals surface area contributed by atoms with Crippen LogP contribution in [0, 0.1) is 0 Å². The summed E-state index contributed by atoms with van der Waals surface area (Å²) in [6.07, 6.45) is 47.2. The van der Waals surface area contributed by atoms with E-state index in [0.717, 1.165) is 0 Å². The van der Waals surface area contributed by atoms with Gasteiger partial charge in [0.25, 0.3) is 0 Å². The van der Waals surface area contributed by atoms with Gasteiger partial charge in [0.1, 0.15) is 0 Å². The Morgan fingerprint density at radius 2 is 0.576 bits per heavy atom. The van der Waals surface area contributed by atoms with Crippen molar-refractivity contribution in [1.82, 2.24) is 0 Å². The molecule has 0 aromatic heterocycles. The van der Waals surface area contributed by atoms with Gasteiger partial charge in [-0.25, -0.2) is 0 Å². The van der Waals surface area contributed by atoms with E-state index < -0.39 is 7.26 Å². The van der Waals surface area contributed by atoms with Crippen LogP contribution in [0.2, 0.25) is 0 Å². The van der Waals surface area contributed by atoms with Crippen LogP contribution in [0.15, 0.2) is 48.6 Å². The second-order valence-electron chi connectivity index (χ2n) is 10.2. The molecule has 0 heterocycles. The standard InChI is InChI=1S/C32H61P/c1-5-9-13-17-21-25-29-33(30-26-22-18-14-10-6-2,31-27-23-19-15-11-7-3)32-28-24-20-16-12-8-4/h5-12,33H,13-32H2,1-4H3/b9-5+,10-6+,11-7+,12-8+. The number of hydrogen-bond donors (Lipinski definition) is 0. The molecule has 0 unspecified atom stereocenters. The fraction of sp³-hybridized carbons (Fsp3) is 0.750. The van der Waals surface area contributed by atoms with Crippen LogP contribution in [0.3, 0.4) is 0 Å². The second-order valence-corrected chi connectivity index (χ2v) is 15.2. The first-order valence-electron chi connectivity index (χ1n) is 14.7. The molecule has 0 amide bonds. The van der Waals surface area contributed by atoms with Gasteiger partial charge in [-0.1, -0.05) is 0 Å². The summed E-state index contributed by atoms with van der Waals surface area (Å²) in [6, 6.07) is 0. The van der Waals surface area contributed by atoms with Crippen LogP contribution in [0.4, 0.5) is 0 Å². The summed E-state index contributed by atoms with van der Waals surface area (Å²) in [4.78, 5) is 0. The zero-order valence-electron chi connectivity index (χ0n) is 23.3. The van der Waals surface area contributed by atoms with E-state index in [1.54, 1.807) is 24.6 Å². The van der Waals surface area contributed by atoms with Crippen LogP contribution in [-0.4, -0.2) is 24.6 Å². The fourth-order valence-electron chi connectivity index (χ4n) is 5.17. The molecule has 0 saturated carbocycles. The topological polar surface area (TPSA) is 0 Å². The zero-order valence-corrected chi connectivity index (χ0v) is 24.3. The van der Waals surface area contributed by atoms with E-state index >= 15 is 0 Å². The summed E-state index contributed by atoms with van der Waals surface area (Å²) in [5.74, 6) is 0. The van der Waals surface area contributed by atoms with Gasteiger partial charge in [0.05, 0.1) is 0 Å². The molecule has 194 valence electrons. The Bertz CT molecular complexity index is 403. The first-order chi connectivity index (χ1) is 16.2. The van der Waals surface area contributed by atoms with Crippen molar-refractivity contribution in [2.24, 2.45) is 0 Å². The zero-order chi connectivity index (χ0) is 24.3. The Kier molecular flexibility index (Phi) is 25.5. The van der Waals surface area contributed by atoms with Crippen molar-refractivity contribution in [1.29, 1.82) is 0 Å². The van der Waals surface area contributed by atoms with Crippen molar-refractivity contribution < 1.29 is 0 Å². The molecule has 0 atom stereocenters. The molecule has 0 aliphatic rings. The Balaban J connectivity index is 4.87. The van der Waals surface area contributed by atoms with E-state index in [1.165, 1.54) is 103 Å². The van der Waals surface area contributed by atoms with E-state index in [2.05, 4.69) is 76.3 Å². The molecular weight excluding hydrogens is 415 g/mol. The molecule has 0 aromatic rings. The molecule has 0 N–H and O–H groups in total. The Labute approximate surface area is 210 Å². The van der Waals surface area contributed by atoms with E-state index in [9.17, 15) is 0 Å². The summed E-state index contributed by atoms with van der Waals surface area (Å²) in [5, 5.41) is 0.